The van der Waals surface area contributed by atoms with Crippen LogP contribution in [0.1, 0.15) is 35.3 Å². The monoisotopic (exact) mass is 373 g/mol. The summed E-state index contributed by atoms with van der Waals surface area (Å²) >= 11 is 3.43. The number of benzene rings is 1. The van der Waals surface area contributed by atoms with Crippen molar-refractivity contribution in [3.05, 3.63) is 58.3 Å². The Morgan fingerprint density at radius 1 is 1.35 bits per heavy atom. The van der Waals surface area contributed by atoms with Crippen LogP contribution in [-0.4, -0.2) is 27.8 Å². The molecule has 1 atom stereocenters. The zero-order valence-electron chi connectivity index (χ0n) is 12.9. The van der Waals surface area contributed by atoms with Gasteiger partial charge in [0.15, 0.2) is 5.65 Å². The first-order valence-electron chi connectivity index (χ1n) is 7.31. The van der Waals surface area contributed by atoms with Gasteiger partial charge in [0.25, 0.3) is 0 Å². The van der Waals surface area contributed by atoms with E-state index in [2.05, 4.69) is 32.9 Å². The number of pyridine rings is 1. The van der Waals surface area contributed by atoms with Crippen LogP contribution >= 0.6 is 15.9 Å². The number of esters is 1. The number of carbonyl (C=O) groups is 1. The predicted octanol–water partition coefficient (Wildman–Crippen LogP) is 3.98. The molecular weight excluding hydrogens is 358 g/mol. The van der Waals surface area contributed by atoms with Crippen LogP contribution in [0.3, 0.4) is 0 Å². The van der Waals surface area contributed by atoms with Crippen molar-refractivity contribution in [2.75, 3.05) is 7.11 Å². The number of fused-ring (bicyclic) bond motifs is 1. The van der Waals surface area contributed by atoms with Crippen molar-refractivity contribution in [2.24, 2.45) is 0 Å². The maximum Gasteiger partial charge on any atom is 0.337 e. The number of methoxy groups -OCH3 is 1. The van der Waals surface area contributed by atoms with Gasteiger partial charge < -0.3 is 4.74 Å². The summed E-state index contributed by atoms with van der Waals surface area (Å²) in [5.74, 6) is -0.330. The minimum atomic E-state index is -0.330. The van der Waals surface area contributed by atoms with E-state index in [4.69, 9.17) is 4.74 Å². The van der Waals surface area contributed by atoms with Crippen molar-refractivity contribution in [3.63, 3.8) is 0 Å². The van der Waals surface area contributed by atoms with Gasteiger partial charge in [-0.05, 0) is 46.1 Å². The third-order valence-corrected chi connectivity index (χ3v) is 4.20. The molecule has 0 aliphatic carbocycles. The van der Waals surface area contributed by atoms with Gasteiger partial charge in [0, 0.05) is 22.3 Å². The molecule has 0 fully saturated rings. The van der Waals surface area contributed by atoms with Crippen LogP contribution in [0.25, 0.3) is 11.0 Å². The van der Waals surface area contributed by atoms with Crippen LogP contribution in [0.15, 0.2) is 47.2 Å². The molecule has 1 unspecified atom stereocenters. The molecule has 0 bridgehead atoms. The fourth-order valence-electron chi connectivity index (χ4n) is 2.60. The van der Waals surface area contributed by atoms with Gasteiger partial charge in [0.1, 0.15) is 0 Å². The Morgan fingerprint density at radius 2 is 2.09 bits per heavy atom. The highest BCUT2D eigenvalue weighted by Crippen LogP contribution is 2.25. The first-order chi connectivity index (χ1) is 11.1. The van der Waals surface area contributed by atoms with Gasteiger partial charge in [0.2, 0.25) is 0 Å². The van der Waals surface area contributed by atoms with Gasteiger partial charge in [-0.25, -0.2) is 9.78 Å². The third kappa shape index (κ3) is 3.12. The van der Waals surface area contributed by atoms with Gasteiger partial charge in [0.05, 0.1) is 18.7 Å². The minimum Gasteiger partial charge on any atom is -0.465 e. The molecule has 0 saturated carbocycles. The normalized spacial score (nSPS) is 12.3. The highest BCUT2D eigenvalue weighted by Gasteiger charge is 2.15. The smallest absolute Gasteiger partial charge is 0.337 e. The van der Waals surface area contributed by atoms with E-state index >= 15 is 0 Å². The van der Waals surface area contributed by atoms with Crippen LogP contribution in [0, 0.1) is 0 Å². The fourth-order valence-corrected chi connectivity index (χ4v) is 2.95. The summed E-state index contributed by atoms with van der Waals surface area (Å²) in [5, 5.41) is 5.56. The quantitative estimate of drug-likeness (QED) is 0.649. The standard InChI is InChI=1S/C17H16BrN3O2/c1-3-15(11-4-6-12(7-5-11)17(22)23-2)21-10-13-8-14(18)9-19-16(13)20-21/h4-10,15H,3H2,1-2H3. The molecule has 0 N–H and O–H groups in total. The maximum atomic E-state index is 11.5. The Morgan fingerprint density at radius 3 is 2.74 bits per heavy atom. The van der Waals surface area contributed by atoms with E-state index in [1.807, 2.05) is 29.1 Å². The van der Waals surface area contributed by atoms with Crippen LogP contribution in [0.2, 0.25) is 0 Å². The molecule has 2 aromatic heterocycles. The number of nitrogens with zero attached hydrogens (tertiary/aromatic N) is 3. The van der Waals surface area contributed by atoms with E-state index in [9.17, 15) is 4.79 Å². The van der Waals surface area contributed by atoms with Crippen molar-refractivity contribution in [2.45, 2.75) is 19.4 Å². The molecule has 0 saturated heterocycles. The van der Waals surface area contributed by atoms with Crippen molar-refractivity contribution in [1.82, 2.24) is 14.8 Å². The number of rotatable bonds is 4. The molecule has 3 rings (SSSR count). The molecule has 23 heavy (non-hydrogen) atoms. The molecule has 6 heteroatoms. The van der Waals surface area contributed by atoms with Crippen molar-refractivity contribution >= 4 is 32.9 Å². The second kappa shape index (κ2) is 6.50. The minimum absolute atomic E-state index is 0.0923. The Kier molecular flexibility index (Phi) is 4.43. The maximum absolute atomic E-state index is 11.5. The van der Waals surface area contributed by atoms with E-state index in [0.29, 0.717) is 5.56 Å². The van der Waals surface area contributed by atoms with E-state index in [0.717, 1.165) is 27.5 Å². The molecule has 0 aliphatic rings. The molecule has 2 heterocycles. The van der Waals surface area contributed by atoms with Crippen LogP contribution in [0.4, 0.5) is 0 Å². The Labute approximate surface area is 142 Å². The average molecular weight is 374 g/mol. The summed E-state index contributed by atoms with van der Waals surface area (Å²) in [6, 6.07) is 9.53. The molecule has 5 nitrogen and oxygen atoms in total. The summed E-state index contributed by atoms with van der Waals surface area (Å²) in [4.78, 5) is 15.9. The second-order valence-corrected chi connectivity index (χ2v) is 6.13. The highest BCUT2D eigenvalue weighted by molar-refractivity contribution is 9.10. The first-order valence-corrected chi connectivity index (χ1v) is 8.10. The Bertz CT molecular complexity index is 843. The zero-order valence-corrected chi connectivity index (χ0v) is 14.4. The first kappa shape index (κ1) is 15.7. The summed E-state index contributed by atoms with van der Waals surface area (Å²) < 4.78 is 7.59. The van der Waals surface area contributed by atoms with Gasteiger partial charge in [-0.2, -0.15) is 5.10 Å². The molecule has 118 valence electrons. The molecule has 0 aliphatic heterocycles. The van der Waals surface area contributed by atoms with E-state index in [1.54, 1.807) is 18.3 Å². The number of ether oxygens (including phenoxy) is 1. The third-order valence-electron chi connectivity index (χ3n) is 3.77. The number of aromatic nitrogens is 3. The Balaban J connectivity index is 1.95. The molecule has 3 aromatic rings. The lowest BCUT2D eigenvalue weighted by atomic mass is 10.0. The molecular formula is C17H16BrN3O2. The van der Waals surface area contributed by atoms with Crippen molar-refractivity contribution in [3.8, 4) is 0 Å². The Hall–Kier alpha value is -2.21. The largest absolute Gasteiger partial charge is 0.465 e. The lowest BCUT2D eigenvalue weighted by Gasteiger charge is -2.16. The van der Waals surface area contributed by atoms with Crippen LogP contribution in [-0.2, 0) is 4.74 Å². The van der Waals surface area contributed by atoms with Gasteiger partial charge >= 0.3 is 5.97 Å². The number of carbonyl (C=O) groups excluding carboxylic acids is 1. The van der Waals surface area contributed by atoms with Crippen LogP contribution in [0.5, 0.6) is 0 Å². The fraction of sp³-hybridized carbons (Fsp3) is 0.235. The highest BCUT2D eigenvalue weighted by atomic mass is 79.9. The van der Waals surface area contributed by atoms with E-state index in [1.165, 1.54) is 7.11 Å². The van der Waals surface area contributed by atoms with Crippen molar-refractivity contribution in [1.29, 1.82) is 0 Å². The van der Waals surface area contributed by atoms with Gasteiger partial charge in [-0.15, -0.1) is 0 Å². The van der Waals surface area contributed by atoms with Gasteiger partial charge in [-0.3, -0.25) is 4.68 Å². The molecule has 0 amide bonds. The van der Waals surface area contributed by atoms with E-state index < -0.39 is 0 Å². The average Bonchev–Trinajstić information content (AvgIpc) is 2.98. The predicted molar refractivity (Wildman–Crippen MR) is 91.4 cm³/mol. The SMILES string of the molecule is CCC(c1ccc(C(=O)OC)cc1)n1cc2cc(Br)cnc2n1. The zero-order chi connectivity index (χ0) is 16.4. The summed E-state index contributed by atoms with van der Waals surface area (Å²) in [6.07, 6.45) is 4.62. The van der Waals surface area contributed by atoms with Crippen molar-refractivity contribution < 1.29 is 9.53 Å². The number of hydrogen-bond donors (Lipinski definition) is 0. The topological polar surface area (TPSA) is 57.0 Å². The molecule has 0 radical (unpaired) electrons. The lowest BCUT2D eigenvalue weighted by Crippen LogP contribution is -2.11. The molecule has 1 aromatic carbocycles. The number of hydrogen-bond acceptors (Lipinski definition) is 4. The second-order valence-electron chi connectivity index (χ2n) is 5.21. The summed E-state index contributed by atoms with van der Waals surface area (Å²) in [5.41, 5.74) is 2.35. The number of halogens is 1. The van der Waals surface area contributed by atoms with Crippen LogP contribution < -0.4 is 0 Å². The summed E-state index contributed by atoms with van der Waals surface area (Å²) in [6.45, 7) is 2.11. The van der Waals surface area contributed by atoms with E-state index in [-0.39, 0.29) is 12.0 Å². The van der Waals surface area contributed by atoms with Gasteiger partial charge in [-0.1, -0.05) is 19.1 Å². The lowest BCUT2D eigenvalue weighted by molar-refractivity contribution is 0.0600. The summed E-state index contributed by atoms with van der Waals surface area (Å²) in [7, 11) is 1.38. The molecule has 0 spiro atoms.